The smallest absolute Gasteiger partial charge is 0.337 e. The summed E-state index contributed by atoms with van der Waals surface area (Å²) in [5.74, 6) is -0.743. The topological polar surface area (TPSA) is 68.5 Å². The zero-order chi connectivity index (χ0) is 14.7. The quantitative estimate of drug-likeness (QED) is 0.882. The molecule has 0 radical (unpaired) electrons. The molecule has 1 heterocycles. The number of carbonyl (C=O) groups excluding carboxylic acids is 2. The number of nitrogens with one attached hydrogen (secondary N) is 1. The first-order valence-corrected chi connectivity index (χ1v) is 6.14. The average molecular weight is 294 g/mol. The van der Waals surface area contributed by atoms with Crippen molar-refractivity contribution in [2.24, 2.45) is 0 Å². The number of hydrogen-bond acceptors (Lipinski definition) is 4. The van der Waals surface area contributed by atoms with Crippen LogP contribution in [0.15, 0.2) is 34.9 Å². The van der Waals surface area contributed by atoms with Crippen LogP contribution in [0.25, 0.3) is 0 Å². The third kappa shape index (κ3) is 2.83. The lowest BCUT2D eigenvalue weighted by Crippen LogP contribution is -2.13. The third-order valence-corrected chi connectivity index (χ3v) is 3.03. The van der Waals surface area contributed by atoms with Crippen molar-refractivity contribution in [2.45, 2.75) is 6.92 Å². The number of furan rings is 1. The minimum Gasteiger partial charge on any atom is -0.465 e. The van der Waals surface area contributed by atoms with Crippen molar-refractivity contribution >= 4 is 29.2 Å². The van der Waals surface area contributed by atoms with Crippen LogP contribution < -0.4 is 5.32 Å². The molecule has 0 aliphatic rings. The first-order chi connectivity index (χ1) is 9.52. The fourth-order valence-corrected chi connectivity index (χ4v) is 1.82. The number of rotatable bonds is 3. The van der Waals surface area contributed by atoms with E-state index in [2.05, 4.69) is 10.1 Å². The van der Waals surface area contributed by atoms with Gasteiger partial charge in [0.15, 0.2) is 5.76 Å². The molecular weight excluding hydrogens is 282 g/mol. The Morgan fingerprint density at radius 3 is 2.65 bits per heavy atom. The van der Waals surface area contributed by atoms with E-state index in [1.165, 1.54) is 31.6 Å². The number of amides is 1. The number of esters is 1. The summed E-state index contributed by atoms with van der Waals surface area (Å²) < 4.78 is 9.70. The SMILES string of the molecule is COC(=O)c1ccc(Cl)c(NC(=O)c2occc2C)c1. The molecule has 2 aromatic rings. The average Bonchev–Trinajstić information content (AvgIpc) is 2.86. The molecule has 1 aromatic heterocycles. The molecule has 0 atom stereocenters. The Bertz CT molecular complexity index is 663. The highest BCUT2D eigenvalue weighted by molar-refractivity contribution is 6.34. The lowest BCUT2D eigenvalue weighted by Gasteiger charge is -2.08. The van der Waals surface area contributed by atoms with Gasteiger partial charge in [-0.05, 0) is 31.2 Å². The van der Waals surface area contributed by atoms with Crippen molar-refractivity contribution in [2.75, 3.05) is 12.4 Å². The Balaban J connectivity index is 2.27. The standard InChI is InChI=1S/C14H12ClNO4/c1-8-5-6-20-12(8)13(17)16-11-7-9(14(18)19-2)3-4-10(11)15/h3-7H,1-2H3,(H,16,17). The van der Waals surface area contributed by atoms with Crippen LogP contribution in [-0.2, 0) is 4.74 Å². The molecule has 0 aliphatic heterocycles. The molecule has 0 spiro atoms. The predicted octanol–water partition coefficient (Wildman–Crippen LogP) is 3.28. The van der Waals surface area contributed by atoms with Crippen LogP contribution in [0, 0.1) is 6.92 Å². The van der Waals surface area contributed by atoms with E-state index in [0.717, 1.165) is 0 Å². The molecule has 1 amide bonds. The Morgan fingerprint density at radius 2 is 2.05 bits per heavy atom. The second kappa shape index (κ2) is 5.79. The zero-order valence-electron chi connectivity index (χ0n) is 10.9. The number of carbonyl (C=O) groups is 2. The normalized spacial score (nSPS) is 10.2. The molecule has 1 N–H and O–H groups in total. The Labute approximate surface area is 120 Å². The first-order valence-electron chi connectivity index (χ1n) is 5.76. The highest BCUT2D eigenvalue weighted by atomic mass is 35.5. The van der Waals surface area contributed by atoms with Gasteiger partial charge in [0.2, 0.25) is 0 Å². The second-order valence-corrected chi connectivity index (χ2v) is 4.48. The Kier molecular flexibility index (Phi) is 4.10. The fourth-order valence-electron chi connectivity index (χ4n) is 1.65. The van der Waals surface area contributed by atoms with Crippen LogP contribution >= 0.6 is 11.6 Å². The maximum atomic E-state index is 12.0. The second-order valence-electron chi connectivity index (χ2n) is 4.07. The maximum Gasteiger partial charge on any atom is 0.337 e. The summed E-state index contributed by atoms with van der Waals surface area (Å²) in [6.07, 6.45) is 1.43. The van der Waals surface area contributed by atoms with Gasteiger partial charge < -0.3 is 14.5 Å². The summed E-state index contributed by atoms with van der Waals surface area (Å²) in [5.41, 5.74) is 1.32. The van der Waals surface area contributed by atoms with Crippen molar-refractivity contribution in [1.29, 1.82) is 0 Å². The Morgan fingerprint density at radius 1 is 1.30 bits per heavy atom. The van der Waals surface area contributed by atoms with Gasteiger partial charge in [0.1, 0.15) is 0 Å². The summed E-state index contributed by atoms with van der Waals surface area (Å²) >= 11 is 5.99. The molecular formula is C14H12ClNO4. The third-order valence-electron chi connectivity index (χ3n) is 2.70. The molecule has 0 unspecified atom stereocenters. The summed E-state index contributed by atoms with van der Waals surface area (Å²) in [6, 6.07) is 6.16. The molecule has 0 saturated heterocycles. The number of anilines is 1. The molecule has 0 aliphatic carbocycles. The van der Waals surface area contributed by atoms with Crippen LogP contribution in [0.3, 0.4) is 0 Å². The summed E-state index contributed by atoms with van der Waals surface area (Å²) in [7, 11) is 1.28. The summed E-state index contributed by atoms with van der Waals surface area (Å²) in [6.45, 7) is 1.75. The van der Waals surface area contributed by atoms with Gasteiger partial charge in [-0.2, -0.15) is 0 Å². The number of benzene rings is 1. The Hall–Kier alpha value is -2.27. The molecule has 104 valence electrons. The largest absolute Gasteiger partial charge is 0.465 e. The van der Waals surface area contributed by atoms with Crippen molar-refractivity contribution < 1.29 is 18.7 Å². The summed E-state index contributed by atoms with van der Waals surface area (Å²) in [4.78, 5) is 23.5. The number of hydrogen-bond donors (Lipinski definition) is 1. The van der Waals surface area contributed by atoms with Crippen LogP contribution in [0.5, 0.6) is 0 Å². The van der Waals surface area contributed by atoms with Crippen LogP contribution in [0.1, 0.15) is 26.5 Å². The van der Waals surface area contributed by atoms with E-state index in [-0.39, 0.29) is 5.76 Å². The van der Waals surface area contributed by atoms with Crippen molar-refractivity contribution in [1.82, 2.24) is 0 Å². The van der Waals surface area contributed by atoms with E-state index >= 15 is 0 Å². The van der Waals surface area contributed by atoms with Gasteiger partial charge in [-0.3, -0.25) is 4.79 Å². The van der Waals surface area contributed by atoms with E-state index in [1.807, 2.05) is 0 Å². The number of halogens is 1. The zero-order valence-corrected chi connectivity index (χ0v) is 11.7. The predicted molar refractivity (Wildman–Crippen MR) is 74.2 cm³/mol. The van der Waals surface area contributed by atoms with Crippen LogP contribution in [-0.4, -0.2) is 19.0 Å². The number of aryl methyl sites for hydroxylation is 1. The molecule has 0 saturated carbocycles. The van der Waals surface area contributed by atoms with E-state index in [0.29, 0.717) is 21.8 Å². The van der Waals surface area contributed by atoms with Gasteiger partial charge in [0, 0.05) is 5.56 Å². The van der Waals surface area contributed by atoms with Gasteiger partial charge in [0.25, 0.3) is 5.91 Å². The molecule has 20 heavy (non-hydrogen) atoms. The monoisotopic (exact) mass is 293 g/mol. The number of ether oxygens (including phenoxy) is 1. The molecule has 0 bridgehead atoms. The van der Waals surface area contributed by atoms with E-state index < -0.39 is 11.9 Å². The molecule has 2 rings (SSSR count). The van der Waals surface area contributed by atoms with E-state index in [4.69, 9.17) is 16.0 Å². The highest BCUT2D eigenvalue weighted by Crippen LogP contribution is 2.24. The number of methoxy groups -OCH3 is 1. The highest BCUT2D eigenvalue weighted by Gasteiger charge is 2.15. The molecule has 6 heteroatoms. The van der Waals surface area contributed by atoms with E-state index in [9.17, 15) is 9.59 Å². The summed E-state index contributed by atoms with van der Waals surface area (Å²) in [5, 5.41) is 2.92. The minimum absolute atomic E-state index is 0.199. The van der Waals surface area contributed by atoms with Gasteiger partial charge in [-0.25, -0.2) is 4.79 Å². The van der Waals surface area contributed by atoms with Gasteiger partial charge >= 0.3 is 5.97 Å². The minimum atomic E-state index is -0.508. The van der Waals surface area contributed by atoms with Crippen molar-refractivity contribution in [3.05, 3.63) is 52.4 Å². The van der Waals surface area contributed by atoms with E-state index in [1.54, 1.807) is 13.0 Å². The van der Waals surface area contributed by atoms with Crippen LogP contribution in [0.2, 0.25) is 5.02 Å². The first kappa shape index (κ1) is 14.1. The van der Waals surface area contributed by atoms with Crippen molar-refractivity contribution in [3.63, 3.8) is 0 Å². The molecule has 5 nitrogen and oxygen atoms in total. The van der Waals surface area contributed by atoms with Crippen LogP contribution in [0.4, 0.5) is 5.69 Å². The molecule has 1 aromatic carbocycles. The maximum absolute atomic E-state index is 12.0. The lowest BCUT2D eigenvalue weighted by atomic mass is 10.2. The van der Waals surface area contributed by atoms with Gasteiger partial charge in [0.05, 0.1) is 29.6 Å². The van der Waals surface area contributed by atoms with Gasteiger partial charge in [-0.15, -0.1) is 0 Å². The van der Waals surface area contributed by atoms with Crippen molar-refractivity contribution in [3.8, 4) is 0 Å². The lowest BCUT2D eigenvalue weighted by molar-refractivity contribution is 0.0600. The fraction of sp³-hybridized carbons (Fsp3) is 0.143. The molecule has 0 fully saturated rings. The van der Waals surface area contributed by atoms with Gasteiger partial charge in [-0.1, -0.05) is 11.6 Å².